The zero-order valence-corrected chi connectivity index (χ0v) is 13.2. The van der Waals surface area contributed by atoms with Crippen LogP contribution in [0.5, 0.6) is 5.75 Å². The molecule has 0 fully saturated rings. The summed E-state index contributed by atoms with van der Waals surface area (Å²) >= 11 is 0. The first-order valence-corrected chi connectivity index (χ1v) is 7.34. The summed E-state index contributed by atoms with van der Waals surface area (Å²) in [7, 11) is 0. The minimum absolute atomic E-state index is 0.186. The molecule has 1 unspecified atom stereocenters. The van der Waals surface area contributed by atoms with Gasteiger partial charge in [0, 0.05) is 12.6 Å². The number of benzene rings is 1. The smallest absolute Gasteiger partial charge is 0.133 e. The predicted molar refractivity (Wildman–Crippen MR) is 86.3 cm³/mol. The van der Waals surface area contributed by atoms with Crippen LogP contribution in [0.15, 0.2) is 42.6 Å². The Bertz CT molecular complexity index is 568. The molecule has 2 rings (SSSR count). The van der Waals surface area contributed by atoms with Crippen molar-refractivity contribution < 1.29 is 5.11 Å². The number of hydrogen-bond acceptors (Lipinski definition) is 3. The molecular formula is C18H24N2O. The number of pyridine rings is 1. The molecule has 0 radical (unpaired) electrons. The minimum Gasteiger partial charge on any atom is -0.506 e. The van der Waals surface area contributed by atoms with Gasteiger partial charge < -0.3 is 10.4 Å². The standard InChI is InChI=1S/C18H24N2O/c1-13(19-11-16-9-10-17(21)12-20-16)14-5-7-15(8-6-14)18(2,3)4/h5-10,12-13,19,21H,11H2,1-4H3. The lowest BCUT2D eigenvalue weighted by Gasteiger charge is -2.20. The van der Waals surface area contributed by atoms with Gasteiger partial charge in [-0.05, 0) is 35.6 Å². The van der Waals surface area contributed by atoms with Crippen LogP contribution < -0.4 is 5.32 Å². The zero-order chi connectivity index (χ0) is 15.5. The molecule has 2 aromatic rings. The van der Waals surface area contributed by atoms with Crippen LogP contribution in [0.3, 0.4) is 0 Å². The van der Waals surface area contributed by atoms with Crippen LogP contribution in [0, 0.1) is 0 Å². The van der Waals surface area contributed by atoms with Crippen LogP contribution in [0.4, 0.5) is 0 Å². The highest BCUT2D eigenvalue weighted by Crippen LogP contribution is 2.24. The summed E-state index contributed by atoms with van der Waals surface area (Å²) in [6, 6.07) is 12.5. The van der Waals surface area contributed by atoms with E-state index >= 15 is 0 Å². The van der Waals surface area contributed by atoms with Crippen LogP contribution in [0.2, 0.25) is 0 Å². The van der Waals surface area contributed by atoms with E-state index in [2.05, 4.69) is 62.3 Å². The molecule has 0 aliphatic rings. The van der Waals surface area contributed by atoms with Crippen molar-refractivity contribution in [2.24, 2.45) is 0 Å². The molecule has 21 heavy (non-hydrogen) atoms. The van der Waals surface area contributed by atoms with Gasteiger partial charge in [0.05, 0.1) is 11.9 Å². The summed E-state index contributed by atoms with van der Waals surface area (Å²) in [6.07, 6.45) is 1.47. The van der Waals surface area contributed by atoms with E-state index in [-0.39, 0.29) is 17.2 Å². The highest BCUT2D eigenvalue weighted by atomic mass is 16.3. The van der Waals surface area contributed by atoms with Gasteiger partial charge in [-0.25, -0.2) is 0 Å². The maximum atomic E-state index is 9.22. The zero-order valence-electron chi connectivity index (χ0n) is 13.2. The lowest BCUT2D eigenvalue weighted by atomic mass is 9.86. The molecule has 3 nitrogen and oxygen atoms in total. The van der Waals surface area contributed by atoms with Crippen molar-refractivity contribution in [2.75, 3.05) is 0 Å². The molecule has 2 N–H and O–H groups in total. The number of hydrogen-bond donors (Lipinski definition) is 2. The van der Waals surface area contributed by atoms with Gasteiger partial charge in [0.15, 0.2) is 0 Å². The highest BCUT2D eigenvalue weighted by molar-refractivity contribution is 5.29. The maximum Gasteiger partial charge on any atom is 0.133 e. The van der Waals surface area contributed by atoms with Gasteiger partial charge in [-0.3, -0.25) is 4.98 Å². The van der Waals surface area contributed by atoms with E-state index in [9.17, 15) is 5.11 Å². The first kappa shape index (κ1) is 15.5. The number of aromatic hydroxyl groups is 1. The second-order valence-electron chi connectivity index (χ2n) is 6.48. The Morgan fingerprint density at radius 1 is 1.10 bits per heavy atom. The van der Waals surface area contributed by atoms with Crippen molar-refractivity contribution in [1.82, 2.24) is 10.3 Å². The molecule has 0 aliphatic carbocycles. The molecule has 112 valence electrons. The number of nitrogens with zero attached hydrogens (tertiary/aromatic N) is 1. The van der Waals surface area contributed by atoms with Gasteiger partial charge in [0.25, 0.3) is 0 Å². The van der Waals surface area contributed by atoms with Crippen molar-refractivity contribution in [3.8, 4) is 5.75 Å². The largest absolute Gasteiger partial charge is 0.506 e. The Balaban J connectivity index is 1.97. The first-order chi connectivity index (χ1) is 9.86. The van der Waals surface area contributed by atoms with E-state index in [1.807, 2.05) is 6.07 Å². The van der Waals surface area contributed by atoms with Gasteiger partial charge in [0.1, 0.15) is 5.75 Å². The molecule has 0 amide bonds. The van der Waals surface area contributed by atoms with Crippen LogP contribution in [-0.2, 0) is 12.0 Å². The van der Waals surface area contributed by atoms with Gasteiger partial charge in [-0.15, -0.1) is 0 Å². The van der Waals surface area contributed by atoms with Crippen molar-refractivity contribution in [2.45, 2.75) is 45.7 Å². The third kappa shape index (κ3) is 4.30. The van der Waals surface area contributed by atoms with E-state index < -0.39 is 0 Å². The monoisotopic (exact) mass is 284 g/mol. The van der Waals surface area contributed by atoms with Crippen LogP contribution in [0.25, 0.3) is 0 Å². The summed E-state index contributed by atoms with van der Waals surface area (Å²) in [4.78, 5) is 4.18. The van der Waals surface area contributed by atoms with E-state index in [1.54, 1.807) is 6.07 Å². The third-order valence-corrected chi connectivity index (χ3v) is 3.68. The number of aromatic nitrogens is 1. The van der Waals surface area contributed by atoms with Crippen molar-refractivity contribution in [3.05, 3.63) is 59.4 Å². The van der Waals surface area contributed by atoms with Crippen LogP contribution >= 0.6 is 0 Å². The second kappa shape index (κ2) is 6.27. The third-order valence-electron chi connectivity index (χ3n) is 3.68. The Hall–Kier alpha value is -1.87. The highest BCUT2D eigenvalue weighted by Gasteiger charge is 2.13. The van der Waals surface area contributed by atoms with Gasteiger partial charge >= 0.3 is 0 Å². The van der Waals surface area contributed by atoms with E-state index in [0.29, 0.717) is 6.54 Å². The fraction of sp³-hybridized carbons (Fsp3) is 0.389. The van der Waals surface area contributed by atoms with Gasteiger partial charge in [0.2, 0.25) is 0 Å². The molecule has 1 aromatic heterocycles. The fourth-order valence-electron chi connectivity index (χ4n) is 2.17. The van der Waals surface area contributed by atoms with E-state index in [1.165, 1.54) is 17.3 Å². The van der Waals surface area contributed by atoms with Crippen molar-refractivity contribution >= 4 is 0 Å². The summed E-state index contributed by atoms with van der Waals surface area (Å²) in [5.41, 5.74) is 3.72. The fourth-order valence-corrected chi connectivity index (χ4v) is 2.17. The SMILES string of the molecule is CC(NCc1ccc(O)cn1)c1ccc(C(C)(C)C)cc1. The van der Waals surface area contributed by atoms with Crippen LogP contribution in [0.1, 0.15) is 50.6 Å². The molecular weight excluding hydrogens is 260 g/mol. The second-order valence-corrected chi connectivity index (χ2v) is 6.48. The summed E-state index contributed by atoms with van der Waals surface area (Å²) in [5.74, 6) is 0.199. The predicted octanol–water partition coefficient (Wildman–Crippen LogP) is 3.94. The van der Waals surface area contributed by atoms with Crippen LogP contribution in [-0.4, -0.2) is 10.1 Å². The lowest BCUT2D eigenvalue weighted by molar-refractivity contribution is 0.471. The summed E-state index contributed by atoms with van der Waals surface area (Å²) in [6.45, 7) is 9.50. The van der Waals surface area contributed by atoms with E-state index in [0.717, 1.165) is 5.69 Å². The van der Waals surface area contributed by atoms with Crippen molar-refractivity contribution in [3.63, 3.8) is 0 Å². The topological polar surface area (TPSA) is 45.1 Å². The maximum absolute atomic E-state index is 9.22. The lowest BCUT2D eigenvalue weighted by Crippen LogP contribution is -2.19. The summed E-state index contributed by atoms with van der Waals surface area (Å²) < 4.78 is 0. The Morgan fingerprint density at radius 2 is 1.76 bits per heavy atom. The average molecular weight is 284 g/mol. The Kier molecular flexibility index (Phi) is 4.63. The molecule has 0 bridgehead atoms. The van der Waals surface area contributed by atoms with Gasteiger partial charge in [-0.2, -0.15) is 0 Å². The Morgan fingerprint density at radius 3 is 2.29 bits per heavy atom. The number of rotatable bonds is 4. The molecule has 0 aliphatic heterocycles. The molecule has 0 spiro atoms. The molecule has 3 heteroatoms. The molecule has 1 aromatic carbocycles. The Labute approximate surface area is 127 Å². The number of nitrogens with one attached hydrogen (secondary N) is 1. The van der Waals surface area contributed by atoms with E-state index in [4.69, 9.17) is 0 Å². The molecule has 1 atom stereocenters. The normalized spacial score (nSPS) is 13.1. The minimum atomic E-state index is 0.186. The van der Waals surface area contributed by atoms with Crippen molar-refractivity contribution in [1.29, 1.82) is 0 Å². The van der Waals surface area contributed by atoms with Gasteiger partial charge in [-0.1, -0.05) is 45.0 Å². The first-order valence-electron chi connectivity index (χ1n) is 7.34. The summed E-state index contributed by atoms with van der Waals surface area (Å²) in [5, 5.41) is 12.7. The molecule has 0 saturated carbocycles. The molecule has 0 saturated heterocycles. The molecule has 1 heterocycles. The average Bonchev–Trinajstić information content (AvgIpc) is 2.45. The quantitative estimate of drug-likeness (QED) is 0.894.